The van der Waals surface area contributed by atoms with E-state index in [4.69, 9.17) is 0 Å². The Morgan fingerprint density at radius 2 is 1.58 bits per heavy atom. The van der Waals surface area contributed by atoms with Crippen LogP contribution in [0.25, 0.3) is 0 Å². The molecule has 1 unspecified atom stereocenters. The summed E-state index contributed by atoms with van der Waals surface area (Å²) in [4.78, 5) is 0. The minimum Gasteiger partial charge on any atom is -0.228 e. The summed E-state index contributed by atoms with van der Waals surface area (Å²) in [6, 6.07) is 0. The predicted octanol–water partition coefficient (Wildman–Crippen LogP) is 1.86. The fourth-order valence-corrected chi connectivity index (χ4v) is 4.23. The Bertz CT molecular complexity index is 286. The van der Waals surface area contributed by atoms with Crippen molar-refractivity contribution < 1.29 is 8.42 Å². The maximum atomic E-state index is 11.7. The molecule has 1 atom stereocenters. The standard InChI is InChI=1S/C9H18O2S/c1-7-6-12(10,11)9(4,5)8(7,2)3/h7H,6H2,1-5H3. The molecule has 0 bridgehead atoms. The van der Waals surface area contributed by atoms with Crippen molar-refractivity contribution in [2.45, 2.75) is 39.4 Å². The van der Waals surface area contributed by atoms with Gasteiger partial charge in [0.2, 0.25) is 0 Å². The molecule has 3 heteroatoms. The zero-order valence-corrected chi connectivity index (χ0v) is 9.33. The molecule has 0 aromatic rings. The third-order valence-electron chi connectivity index (χ3n) is 4.03. The fourth-order valence-electron chi connectivity index (χ4n) is 1.74. The van der Waals surface area contributed by atoms with Gasteiger partial charge in [-0.25, -0.2) is 8.42 Å². The summed E-state index contributed by atoms with van der Waals surface area (Å²) < 4.78 is 22.8. The molecule has 0 radical (unpaired) electrons. The summed E-state index contributed by atoms with van der Waals surface area (Å²) in [7, 11) is -2.88. The van der Waals surface area contributed by atoms with Crippen molar-refractivity contribution in [3.8, 4) is 0 Å². The topological polar surface area (TPSA) is 34.1 Å². The predicted molar refractivity (Wildman–Crippen MR) is 50.8 cm³/mol. The van der Waals surface area contributed by atoms with Gasteiger partial charge in [0.15, 0.2) is 9.84 Å². The van der Waals surface area contributed by atoms with E-state index < -0.39 is 14.6 Å². The normalized spacial score (nSPS) is 36.6. The summed E-state index contributed by atoms with van der Waals surface area (Å²) >= 11 is 0. The van der Waals surface area contributed by atoms with Crippen molar-refractivity contribution in [3.63, 3.8) is 0 Å². The first-order chi connectivity index (χ1) is 5.13. The fraction of sp³-hybridized carbons (Fsp3) is 1.00. The highest BCUT2D eigenvalue weighted by molar-refractivity contribution is 7.93. The van der Waals surface area contributed by atoms with E-state index in [0.29, 0.717) is 5.75 Å². The quantitative estimate of drug-likeness (QED) is 0.584. The van der Waals surface area contributed by atoms with E-state index in [2.05, 4.69) is 0 Å². The Morgan fingerprint density at radius 1 is 1.17 bits per heavy atom. The maximum absolute atomic E-state index is 11.7. The van der Waals surface area contributed by atoms with Gasteiger partial charge in [-0.2, -0.15) is 0 Å². The molecule has 1 saturated heterocycles. The van der Waals surface area contributed by atoms with Gasteiger partial charge < -0.3 is 0 Å². The highest BCUT2D eigenvalue weighted by Crippen LogP contribution is 2.50. The van der Waals surface area contributed by atoms with Gasteiger partial charge in [-0.15, -0.1) is 0 Å². The van der Waals surface area contributed by atoms with E-state index in [1.807, 2.05) is 34.6 Å². The van der Waals surface area contributed by atoms with Crippen LogP contribution in [-0.2, 0) is 9.84 Å². The van der Waals surface area contributed by atoms with Crippen LogP contribution in [-0.4, -0.2) is 18.9 Å². The molecule has 72 valence electrons. The van der Waals surface area contributed by atoms with Gasteiger partial charge in [-0.3, -0.25) is 0 Å². The Hall–Kier alpha value is -0.0500. The molecule has 1 aliphatic heterocycles. The molecule has 0 saturated carbocycles. The molecule has 0 N–H and O–H groups in total. The molecule has 12 heavy (non-hydrogen) atoms. The largest absolute Gasteiger partial charge is 0.228 e. The lowest BCUT2D eigenvalue weighted by Crippen LogP contribution is -2.40. The van der Waals surface area contributed by atoms with Crippen molar-refractivity contribution in [1.82, 2.24) is 0 Å². The Labute approximate surface area is 75.3 Å². The van der Waals surface area contributed by atoms with E-state index in [1.165, 1.54) is 0 Å². The van der Waals surface area contributed by atoms with E-state index in [-0.39, 0.29) is 11.3 Å². The molecule has 0 aliphatic carbocycles. The van der Waals surface area contributed by atoms with Gasteiger partial charge in [-0.05, 0) is 25.2 Å². The van der Waals surface area contributed by atoms with E-state index in [9.17, 15) is 8.42 Å². The number of hydrogen-bond donors (Lipinski definition) is 0. The lowest BCUT2D eigenvalue weighted by Gasteiger charge is -2.35. The maximum Gasteiger partial charge on any atom is 0.156 e. The number of rotatable bonds is 0. The van der Waals surface area contributed by atoms with Crippen LogP contribution in [0.1, 0.15) is 34.6 Å². The Kier molecular flexibility index (Phi) is 1.88. The molecular formula is C9H18O2S. The lowest BCUT2D eigenvalue weighted by molar-refractivity contribution is 0.212. The zero-order chi connectivity index (χ0) is 9.78. The number of sulfone groups is 1. The minimum atomic E-state index is -2.88. The van der Waals surface area contributed by atoms with Crippen LogP contribution in [0, 0.1) is 11.3 Å². The zero-order valence-electron chi connectivity index (χ0n) is 8.51. The van der Waals surface area contributed by atoms with Crippen LogP contribution in [0.5, 0.6) is 0 Å². The van der Waals surface area contributed by atoms with E-state index >= 15 is 0 Å². The van der Waals surface area contributed by atoms with Crippen molar-refractivity contribution in [2.24, 2.45) is 11.3 Å². The van der Waals surface area contributed by atoms with Crippen LogP contribution in [0.4, 0.5) is 0 Å². The molecule has 0 aromatic carbocycles. The molecule has 1 fully saturated rings. The smallest absolute Gasteiger partial charge is 0.156 e. The first-order valence-electron chi connectivity index (χ1n) is 4.35. The highest BCUT2D eigenvalue weighted by Gasteiger charge is 2.56. The van der Waals surface area contributed by atoms with Crippen LogP contribution in [0.15, 0.2) is 0 Å². The van der Waals surface area contributed by atoms with E-state index in [1.54, 1.807) is 0 Å². The summed E-state index contributed by atoms with van der Waals surface area (Å²) in [5.74, 6) is 0.602. The lowest BCUT2D eigenvalue weighted by atomic mass is 9.72. The van der Waals surface area contributed by atoms with Gasteiger partial charge in [0.25, 0.3) is 0 Å². The summed E-state index contributed by atoms with van der Waals surface area (Å²) in [6.45, 7) is 9.79. The van der Waals surface area contributed by atoms with Crippen LogP contribution in [0.3, 0.4) is 0 Å². The van der Waals surface area contributed by atoms with Gasteiger partial charge in [-0.1, -0.05) is 20.8 Å². The van der Waals surface area contributed by atoms with Gasteiger partial charge in [0.05, 0.1) is 10.5 Å². The molecule has 0 spiro atoms. The first kappa shape index (κ1) is 10.0. The second kappa shape index (κ2) is 2.25. The monoisotopic (exact) mass is 190 g/mol. The van der Waals surface area contributed by atoms with Gasteiger partial charge in [0.1, 0.15) is 0 Å². The molecule has 2 nitrogen and oxygen atoms in total. The molecule has 1 rings (SSSR count). The van der Waals surface area contributed by atoms with Crippen molar-refractivity contribution in [2.75, 3.05) is 5.75 Å². The molecule has 1 heterocycles. The Balaban J connectivity index is 3.29. The van der Waals surface area contributed by atoms with Crippen molar-refractivity contribution in [1.29, 1.82) is 0 Å². The van der Waals surface area contributed by atoms with Crippen LogP contribution in [0.2, 0.25) is 0 Å². The summed E-state index contributed by atoms with van der Waals surface area (Å²) in [5, 5.41) is 0. The highest BCUT2D eigenvalue weighted by atomic mass is 32.2. The number of hydrogen-bond acceptors (Lipinski definition) is 2. The second-order valence-electron chi connectivity index (χ2n) is 4.91. The molecular weight excluding hydrogens is 172 g/mol. The van der Waals surface area contributed by atoms with Crippen LogP contribution < -0.4 is 0 Å². The molecule has 0 aromatic heterocycles. The SMILES string of the molecule is CC1CS(=O)(=O)C(C)(C)C1(C)C. The van der Waals surface area contributed by atoms with Gasteiger partial charge in [0, 0.05) is 0 Å². The third kappa shape index (κ3) is 0.951. The van der Waals surface area contributed by atoms with Gasteiger partial charge >= 0.3 is 0 Å². The summed E-state index contributed by atoms with van der Waals surface area (Å²) in [6.07, 6.45) is 0. The average Bonchev–Trinajstić information content (AvgIpc) is 1.92. The third-order valence-corrected chi connectivity index (χ3v) is 7.05. The second-order valence-corrected chi connectivity index (χ2v) is 7.50. The minimum absolute atomic E-state index is 0.105. The Morgan fingerprint density at radius 3 is 1.67 bits per heavy atom. The first-order valence-corrected chi connectivity index (χ1v) is 6.00. The van der Waals surface area contributed by atoms with Crippen LogP contribution >= 0.6 is 0 Å². The van der Waals surface area contributed by atoms with Crippen molar-refractivity contribution >= 4 is 9.84 Å². The molecule has 1 aliphatic rings. The molecule has 0 amide bonds. The summed E-state index contributed by atoms with van der Waals surface area (Å²) in [5.41, 5.74) is -0.105. The van der Waals surface area contributed by atoms with E-state index in [0.717, 1.165) is 0 Å². The van der Waals surface area contributed by atoms with Crippen molar-refractivity contribution in [3.05, 3.63) is 0 Å². The average molecular weight is 190 g/mol.